The van der Waals surface area contributed by atoms with E-state index in [1.165, 1.54) is 18.9 Å². The fraction of sp³-hybridized carbons (Fsp3) is 0.633. The molecule has 6 heteroatoms. The molecule has 0 radical (unpaired) electrons. The summed E-state index contributed by atoms with van der Waals surface area (Å²) in [6.07, 6.45) is 7.16. The van der Waals surface area contributed by atoms with E-state index >= 15 is 0 Å². The van der Waals surface area contributed by atoms with Gasteiger partial charge in [-0.05, 0) is 79.9 Å². The van der Waals surface area contributed by atoms with Crippen molar-refractivity contribution in [1.82, 2.24) is 5.16 Å². The van der Waals surface area contributed by atoms with E-state index in [-0.39, 0.29) is 36.8 Å². The van der Waals surface area contributed by atoms with Gasteiger partial charge in [0.05, 0.1) is 5.69 Å². The highest BCUT2D eigenvalue weighted by molar-refractivity contribution is 5.82. The Labute approximate surface area is 213 Å². The lowest BCUT2D eigenvalue weighted by Gasteiger charge is -2.39. The summed E-state index contributed by atoms with van der Waals surface area (Å²) in [5, 5.41) is 13.8. The van der Waals surface area contributed by atoms with Gasteiger partial charge in [-0.3, -0.25) is 9.59 Å². The monoisotopic (exact) mass is 497 g/mol. The second kappa shape index (κ2) is 10.9. The van der Waals surface area contributed by atoms with Crippen LogP contribution in [0.5, 0.6) is 0 Å². The number of rotatable bonds is 13. The minimum atomic E-state index is -0.894. The van der Waals surface area contributed by atoms with Crippen molar-refractivity contribution in [2.75, 3.05) is 0 Å². The minimum Gasteiger partial charge on any atom is -0.481 e. The maximum atomic E-state index is 14.3. The number of carboxylic acids is 1. The number of aromatic nitrogens is 1. The van der Waals surface area contributed by atoms with Crippen molar-refractivity contribution in [3.8, 4) is 0 Å². The molecule has 2 aliphatic rings. The molecule has 4 rings (SSSR count). The number of carboxylic acid groups (broad SMARTS) is 1. The third-order valence-electron chi connectivity index (χ3n) is 8.34. The molecule has 1 N–H and O–H groups in total. The van der Waals surface area contributed by atoms with Crippen LogP contribution in [0.4, 0.5) is 4.39 Å². The molecule has 1 aromatic carbocycles. The highest BCUT2D eigenvalue weighted by Gasteiger charge is 2.42. The number of halogens is 1. The van der Waals surface area contributed by atoms with Crippen LogP contribution in [-0.2, 0) is 16.0 Å². The maximum absolute atomic E-state index is 14.3. The first kappa shape index (κ1) is 26.6. The number of carbonyl (C=O) groups is 2. The van der Waals surface area contributed by atoms with Gasteiger partial charge < -0.3 is 9.63 Å². The second-order valence-electron chi connectivity index (χ2n) is 12.0. The Morgan fingerprint density at radius 1 is 1.22 bits per heavy atom. The van der Waals surface area contributed by atoms with E-state index in [1.54, 1.807) is 12.1 Å². The molecule has 5 nitrogen and oxygen atoms in total. The molecule has 0 spiro atoms. The zero-order chi connectivity index (χ0) is 26.0. The van der Waals surface area contributed by atoms with Crippen LogP contribution < -0.4 is 0 Å². The Morgan fingerprint density at radius 3 is 2.56 bits per heavy atom. The second-order valence-corrected chi connectivity index (χ2v) is 12.0. The van der Waals surface area contributed by atoms with Crippen molar-refractivity contribution in [2.45, 2.75) is 110 Å². The van der Waals surface area contributed by atoms with E-state index in [4.69, 9.17) is 4.52 Å². The van der Waals surface area contributed by atoms with Crippen LogP contribution in [0.25, 0.3) is 0 Å². The summed E-state index contributed by atoms with van der Waals surface area (Å²) < 4.78 is 20.3. The summed E-state index contributed by atoms with van der Waals surface area (Å²) in [6.45, 7) is 8.72. The van der Waals surface area contributed by atoms with Gasteiger partial charge in [-0.1, -0.05) is 44.5 Å². The third kappa shape index (κ3) is 6.43. The van der Waals surface area contributed by atoms with Gasteiger partial charge in [0.25, 0.3) is 0 Å². The van der Waals surface area contributed by atoms with Crippen LogP contribution >= 0.6 is 0 Å². The van der Waals surface area contributed by atoms with Gasteiger partial charge in [-0.25, -0.2) is 4.39 Å². The molecular weight excluding hydrogens is 457 g/mol. The van der Waals surface area contributed by atoms with Crippen LogP contribution in [-0.4, -0.2) is 22.0 Å². The Hall–Kier alpha value is -2.50. The van der Waals surface area contributed by atoms with Gasteiger partial charge in [0.1, 0.15) is 17.4 Å². The number of hydrogen-bond donors (Lipinski definition) is 1. The first-order chi connectivity index (χ1) is 17.1. The smallest absolute Gasteiger partial charge is 0.303 e. The number of Topliss-reactive ketones (excluding diaryl/α,β-unsaturated/α-hetero) is 1. The van der Waals surface area contributed by atoms with Crippen molar-refractivity contribution in [3.05, 3.63) is 52.2 Å². The summed E-state index contributed by atoms with van der Waals surface area (Å²) >= 11 is 0. The van der Waals surface area contributed by atoms with Crippen molar-refractivity contribution in [1.29, 1.82) is 0 Å². The molecule has 0 bridgehead atoms. The largest absolute Gasteiger partial charge is 0.481 e. The van der Waals surface area contributed by atoms with Gasteiger partial charge in [0.2, 0.25) is 0 Å². The topological polar surface area (TPSA) is 80.4 Å². The molecule has 1 atom stereocenters. The number of aryl methyl sites for hydroxylation is 1. The van der Waals surface area contributed by atoms with E-state index in [2.05, 4.69) is 25.9 Å². The lowest BCUT2D eigenvalue weighted by molar-refractivity contribution is -0.137. The number of aliphatic carboxylic acids is 1. The number of benzene rings is 1. The Morgan fingerprint density at radius 2 is 1.94 bits per heavy atom. The lowest BCUT2D eigenvalue weighted by Crippen LogP contribution is -2.27. The van der Waals surface area contributed by atoms with E-state index in [0.717, 1.165) is 48.3 Å². The average molecular weight is 498 g/mol. The van der Waals surface area contributed by atoms with Crippen LogP contribution in [0.15, 0.2) is 22.7 Å². The minimum absolute atomic E-state index is 0.00330. The number of ketones is 1. The molecule has 0 amide bonds. The highest BCUT2D eigenvalue weighted by atomic mass is 19.1. The van der Waals surface area contributed by atoms with Crippen LogP contribution in [0.1, 0.15) is 124 Å². The molecular formula is C30H40FNO4. The number of nitrogens with zero attached hydrogens (tertiary/aromatic N) is 1. The first-order valence-corrected chi connectivity index (χ1v) is 13.5. The molecule has 1 aromatic heterocycles. The standard InChI is InChI=1S/C30H40FNO4/c1-5-30(3,4)17-19-13-23(14-19)29-27(20-8-9-20)28(32-36-29)22(10-11-26(34)35)16-24(33)15-21-7-6-18(2)12-25(21)31/h6-7,12,19-20,22-23H,5,8-11,13-17H2,1-4H3,(H,34,35). The quantitative estimate of drug-likeness (QED) is 0.310. The SMILES string of the molecule is CCC(C)(C)CC1CC(c2onc(C(CCC(=O)O)CC(=O)Cc3ccc(C)cc3F)c2C2CC2)C1. The molecule has 1 heterocycles. The maximum Gasteiger partial charge on any atom is 0.303 e. The lowest BCUT2D eigenvalue weighted by atomic mass is 9.66. The third-order valence-corrected chi connectivity index (χ3v) is 8.34. The molecule has 0 aliphatic heterocycles. The molecule has 2 aromatic rings. The van der Waals surface area contributed by atoms with Crippen LogP contribution in [0.3, 0.4) is 0 Å². The van der Waals surface area contributed by atoms with E-state index in [1.807, 2.05) is 6.92 Å². The van der Waals surface area contributed by atoms with E-state index < -0.39 is 5.97 Å². The van der Waals surface area contributed by atoms with Crippen molar-refractivity contribution in [2.24, 2.45) is 11.3 Å². The van der Waals surface area contributed by atoms with E-state index in [0.29, 0.717) is 35.2 Å². The summed E-state index contributed by atoms with van der Waals surface area (Å²) in [6, 6.07) is 4.90. The van der Waals surface area contributed by atoms with Crippen LogP contribution in [0, 0.1) is 24.1 Å². The summed E-state index contributed by atoms with van der Waals surface area (Å²) in [7, 11) is 0. The van der Waals surface area contributed by atoms with Gasteiger partial charge >= 0.3 is 5.97 Å². The Kier molecular flexibility index (Phi) is 8.01. The van der Waals surface area contributed by atoms with Crippen molar-refractivity contribution >= 4 is 11.8 Å². The van der Waals surface area contributed by atoms with Gasteiger partial charge in [0.15, 0.2) is 0 Å². The zero-order valence-corrected chi connectivity index (χ0v) is 22.1. The molecule has 2 aliphatic carbocycles. The normalized spacial score (nSPS) is 20.7. The van der Waals surface area contributed by atoms with Crippen molar-refractivity contribution in [3.63, 3.8) is 0 Å². The number of carbonyl (C=O) groups excluding carboxylic acids is 1. The molecule has 2 fully saturated rings. The molecule has 0 saturated heterocycles. The van der Waals surface area contributed by atoms with Gasteiger partial charge in [0, 0.05) is 36.7 Å². The zero-order valence-electron chi connectivity index (χ0n) is 22.1. The van der Waals surface area contributed by atoms with Crippen molar-refractivity contribution < 1.29 is 23.6 Å². The fourth-order valence-corrected chi connectivity index (χ4v) is 5.72. The predicted molar refractivity (Wildman–Crippen MR) is 137 cm³/mol. The van der Waals surface area contributed by atoms with E-state index in [9.17, 15) is 19.1 Å². The Balaban J connectivity index is 1.50. The van der Waals surface area contributed by atoms with Gasteiger partial charge in [-0.15, -0.1) is 0 Å². The van der Waals surface area contributed by atoms with Crippen LogP contribution in [0.2, 0.25) is 0 Å². The number of hydrogen-bond acceptors (Lipinski definition) is 4. The molecule has 196 valence electrons. The average Bonchev–Trinajstić information content (AvgIpc) is 3.54. The first-order valence-electron chi connectivity index (χ1n) is 13.5. The summed E-state index contributed by atoms with van der Waals surface area (Å²) in [5.41, 5.74) is 3.44. The fourth-order valence-electron chi connectivity index (χ4n) is 5.72. The summed E-state index contributed by atoms with van der Waals surface area (Å²) in [5.74, 6) is 0.707. The Bertz CT molecular complexity index is 1090. The molecule has 2 saturated carbocycles. The van der Waals surface area contributed by atoms with Gasteiger partial charge in [-0.2, -0.15) is 0 Å². The predicted octanol–water partition coefficient (Wildman–Crippen LogP) is 7.47. The molecule has 1 unspecified atom stereocenters. The molecule has 36 heavy (non-hydrogen) atoms. The highest BCUT2D eigenvalue weighted by Crippen LogP contribution is 2.53. The summed E-state index contributed by atoms with van der Waals surface area (Å²) in [4.78, 5) is 24.4.